The van der Waals surface area contributed by atoms with Gasteiger partial charge in [-0.1, -0.05) is 18.2 Å². The Kier molecular flexibility index (Phi) is 5.10. The Labute approximate surface area is 139 Å². The first-order valence-electron chi connectivity index (χ1n) is 7.93. The van der Waals surface area contributed by atoms with E-state index in [4.69, 9.17) is 9.15 Å². The summed E-state index contributed by atoms with van der Waals surface area (Å²) in [6.07, 6.45) is 3.70. The van der Waals surface area contributed by atoms with Crippen LogP contribution in [0, 0.1) is 0 Å². The molecule has 0 unspecified atom stereocenters. The maximum Gasteiger partial charge on any atom is 0.273 e. The standard InChI is InChI=1S/C17H19N3O4/c21-16-13(8-4-5-9-18-16)20-17(22)14-10-24-15(19-14)11-23-12-6-2-1-3-7-12/h1-3,6-7,10,13H,4-5,8-9,11H2,(H,18,21)(H,20,22)/t13-/m0/s1. The Bertz CT molecular complexity index is 699. The number of nitrogens with zero attached hydrogens (tertiary/aromatic N) is 1. The summed E-state index contributed by atoms with van der Waals surface area (Å²) >= 11 is 0. The molecule has 1 aliphatic rings. The molecule has 2 heterocycles. The predicted octanol–water partition coefficient (Wildman–Crippen LogP) is 1.65. The fraction of sp³-hybridized carbons (Fsp3) is 0.353. The lowest BCUT2D eigenvalue weighted by Gasteiger charge is -2.13. The molecule has 0 saturated carbocycles. The van der Waals surface area contributed by atoms with Gasteiger partial charge in [0, 0.05) is 6.54 Å². The monoisotopic (exact) mass is 329 g/mol. The van der Waals surface area contributed by atoms with Crippen molar-refractivity contribution in [3.8, 4) is 5.75 Å². The zero-order valence-electron chi connectivity index (χ0n) is 13.2. The Morgan fingerprint density at radius 1 is 1.33 bits per heavy atom. The van der Waals surface area contributed by atoms with Crippen LogP contribution in [0.15, 0.2) is 41.0 Å². The van der Waals surface area contributed by atoms with Crippen molar-refractivity contribution in [2.24, 2.45) is 0 Å². The van der Waals surface area contributed by atoms with Gasteiger partial charge in [-0.2, -0.15) is 0 Å². The molecule has 1 atom stereocenters. The topological polar surface area (TPSA) is 93.5 Å². The van der Waals surface area contributed by atoms with Crippen LogP contribution in [0.4, 0.5) is 0 Å². The average molecular weight is 329 g/mol. The highest BCUT2D eigenvalue weighted by Gasteiger charge is 2.24. The van der Waals surface area contributed by atoms with Gasteiger partial charge in [-0.3, -0.25) is 9.59 Å². The van der Waals surface area contributed by atoms with Crippen molar-refractivity contribution in [2.75, 3.05) is 6.54 Å². The molecule has 0 aliphatic carbocycles. The quantitative estimate of drug-likeness (QED) is 0.870. The van der Waals surface area contributed by atoms with Crippen LogP contribution >= 0.6 is 0 Å². The summed E-state index contributed by atoms with van der Waals surface area (Å²) in [5.74, 6) is 0.412. The summed E-state index contributed by atoms with van der Waals surface area (Å²) in [7, 11) is 0. The molecular weight excluding hydrogens is 310 g/mol. The van der Waals surface area contributed by atoms with Gasteiger partial charge in [0.1, 0.15) is 18.1 Å². The lowest BCUT2D eigenvalue weighted by Crippen LogP contribution is -2.45. The Balaban J connectivity index is 1.56. The van der Waals surface area contributed by atoms with Gasteiger partial charge in [0.2, 0.25) is 11.8 Å². The maximum absolute atomic E-state index is 12.2. The van der Waals surface area contributed by atoms with E-state index in [9.17, 15) is 9.59 Å². The summed E-state index contributed by atoms with van der Waals surface area (Å²) in [6.45, 7) is 0.775. The second-order valence-electron chi connectivity index (χ2n) is 5.54. The zero-order chi connectivity index (χ0) is 16.8. The van der Waals surface area contributed by atoms with E-state index >= 15 is 0 Å². The molecule has 0 bridgehead atoms. The molecule has 2 N–H and O–H groups in total. The van der Waals surface area contributed by atoms with Gasteiger partial charge in [0.15, 0.2) is 12.3 Å². The molecule has 0 spiro atoms. The Morgan fingerprint density at radius 2 is 2.17 bits per heavy atom. The number of hydrogen-bond acceptors (Lipinski definition) is 5. The number of para-hydroxylation sites is 1. The van der Waals surface area contributed by atoms with E-state index in [0.29, 0.717) is 24.6 Å². The number of benzene rings is 1. The minimum absolute atomic E-state index is 0.126. The van der Waals surface area contributed by atoms with Crippen LogP contribution in [0.1, 0.15) is 35.6 Å². The molecule has 1 aromatic carbocycles. The largest absolute Gasteiger partial charge is 0.484 e. The summed E-state index contributed by atoms with van der Waals surface area (Å²) in [6, 6.07) is 8.73. The molecule has 0 radical (unpaired) electrons. The highest BCUT2D eigenvalue weighted by Crippen LogP contribution is 2.12. The van der Waals surface area contributed by atoms with E-state index in [1.807, 2.05) is 30.3 Å². The normalized spacial score (nSPS) is 17.7. The second-order valence-corrected chi connectivity index (χ2v) is 5.54. The van der Waals surface area contributed by atoms with Crippen LogP contribution < -0.4 is 15.4 Å². The lowest BCUT2D eigenvalue weighted by molar-refractivity contribution is -0.122. The molecule has 7 nitrogen and oxygen atoms in total. The highest BCUT2D eigenvalue weighted by molar-refractivity contribution is 5.95. The second kappa shape index (κ2) is 7.63. The van der Waals surface area contributed by atoms with Crippen LogP contribution in [0.2, 0.25) is 0 Å². The highest BCUT2D eigenvalue weighted by atomic mass is 16.5. The zero-order valence-corrected chi connectivity index (χ0v) is 13.2. The predicted molar refractivity (Wildman–Crippen MR) is 85.4 cm³/mol. The van der Waals surface area contributed by atoms with Crippen LogP contribution in [0.25, 0.3) is 0 Å². The van der Waals surface area contributed by atoms with Gasteiger partial charge in [0.25, 0.3) is 5.91 Å². The van der Waals surface area contributed by atoms with Crippen molar-refractivity contribution < 1.29 is 18.7 Å². The summed E-state index contributed by atoms with van der Waals surface area (Å²) in [5.41, 5.74) is 0.138. The minimum atomic E-state index is -0.527. The van der Waals surface area contributed by atoms with Crippen molar-refractivity contribution in [3.05, 3.63) is 48.2 Å². The fourth-order valence-electron chi connectivity index (χ4n) is 2.45. The molecule has 2 aromatic rings. The molecule has 3 rings (SSSR count). The van der Waals surface area contributed by atoms with Gasteiger partial charge in [-0.15, -0.1) is 0 Å². The number of carbonyl (C=O) groups excluding carboxylic acids is 2. The van der Waals surface area contributed by atoms with Gasteiger partial charge >= 0.3 is 0 Å². The number of aromatic nitrogens is 1. The van der Waals surface area contributed by atoms with Gasteiger partial charge in [0.05, 0.1) is 0 Å². The number of hydrogen-bond donors (Lipinski definition) is 2. The third-order valence-corrected chi connectivity index (χ3v) is 3.73. The lowest BCUT2D eigenvalue weighted by atomic mass is 10.1. The van der Waals surface area contributed by atoms with E-state index in [2.05, 4.69) is 15.6 Å². The van der Waals surface area contributed by atoms with Crippen molar-refractivity contribution >= 4 is 11.8 Å². The number of carbonyl (C=O) groups is 2. The molecule has 1 aliphatic heterocycles. The molecule has 2 amide bonds. The average Bonchev–Trinajstić information content (AvgIpc) is 2.99. The van der Waals surface area contributed by atoms with Crippen LogP contribution in [0.3, 0.4) is 0 Å². The Morgan fingerprint density at radius 3 is 3.00 bits per heavy atom. The molecular formula is C17H19N3O4. The van der Waals surface area contributed by atoms with Gasteiger partial charge in [-0.05, 0) is 31.4 Å². The van der Waals surface area contributed by atoms with E-state index in [1.54, 1.807) is 0 Å². The van der Waals surface area contributed by atoms with E-state index < -0.39 is 11.9 Å². The molecule has 7 heteroatoms. The third kappa shape index (κ3) is 4.13. The van der Waals surface area contributed by atoms with Crippen LogP contribution in [-0.4, -0.2) is 29.4 Å². The molecule has 1 aromatic heterocycles. The molecule has 1 fully saturated rings. The van der Waals surface area contributed by atoms with E-state index in [1.165, 1.54) is 6.26 Å². The van der Waals surface area contributed by atoms with Gasteiger partial charge < -0.3 is 19.8 Å². The van der Waals surface area contributed by atoms with Gasteiger partial charge in [-0.25, -0.2) is 4.98 Å². The van der Waals surface area contributed by atoms with E-state index in [-0.39, 0.29) is 18.2 Å². The Hall–Kier alpha value is -2.83. The van der Waals surface area contributed by atoms with Crippen molar-refractivity contribution in [3.63, 3.8) is 0 Å². The number of nitrogens with one attached hydrogen (secondary N) is 2. The maximum atomic E-state index is 12.2. The van der Waals surface area contributed by atoms with Crippen molar-refractivity contribution in [2.45, 2.75) is 31.9 Å². The summed E-state index contributed by atoms with van der Waals surface area (Å²) in [5, 5.41) is 5.48. The SMILES string of the molecule is O=C(N[C@H]1CCCCNC1=O)c1coc(COc2ccccc2)n1. The first-order valence-corrected chi connectivity index (χ1v) is 7.93. The summed E-state index contributed by atoms with van der Waals surface area (Å²) < 4.78 is 10.8. The minimum Gasteiger partial charge on any atom is -0.484 e. The number of ether oxygens (including phenoxy) is 1. The number of oxazole rings is 1. The first kappa shape index (κ1) is 16.0. The van der Waals surface area contributed by atoms with Crippen LogP contribution in [0.5, 0.6) is 5.75 Å². The summed E-state index contributed by atoms with van der Waals surface area (Å²) in [4.78, 5) is 28.2. The molecule has 24 heavy (non-hydrogen) atoms. The van der Waals surface area contributed by atoms with E-state index in [0.717, 1.165) is 12.8 Å². The van der Waals surface area contributed by atoms with Crippen molar-refractivity contribution in [1.82, 2.24) is 15.6 Å². The molecule has 126 valence electrons. The number of amides is 2. The van der Waals surface area contributed by atoms with Crippen LogP contribution in [-0.2, 0) is 11.4 Å². The first-order chi connectivity index (χ1) is 11.7. The fourth-order valence-corrected chi connectivity index (χ4v) is 2.45. The number of rotatable bonds is 5. The molecule has 1 saturated heterocycles. The van der Waals surface area contributed by atoms with Crippen molar-refractivity contribution in [1.29, 1.82) is 0 Å². The third-order valence-electron chi connectivity index (χ3n) is 3.73. The smallest absolute Gasteiger partial charge is 0.273 e.